The second kappa shape index (κ2) is 7.38. The van der Waals surface area contributed by atoms with Gasteiger partial charge in [-0.05, 0) is 58.0 Å². The zero-order valence-corrected chi connectivity index (χ0v) is 12.2. The summed E-state index contributed by atoms with van der Waals surface area (Å²) in [6.45, 7) is 8.93. The second-order valence-electron chi connectivity index (χ2n) is 6.11. The van der Waals surface area contributed by atoms with Crippen molar-refractivity contribution < 1.29 is 4.74 Å². The lowest BCUT2D eigenvalue weighted by Gasteiger charge is -2.34. The predicted molar refractivity (Wildman–Crippen MR) is 74.3 cm³/mol. The standard InChI is InChI=1S/C15H31NO/c1-5-16-12-14-9-7-6-8-13(14)10-11-15(2,3)17-4/h13-14,16H,5-12H2,1-4H3. The molecule has 0 spiro atoms. The van der Waals surface area contributed by atoms with Crippen LogP contribution in [-0.4, -0.2) is 25.8 Å². The van der Waals surface area contributed by atoms with Gasteiger partial charge < -0.3 is 10.1 Å². The first kappa shape index (κ1) is 15.0. The van der Waals surface area contributed by atoms with E-state index in [1.165, 1.54) is 45.1 Å². The third-order valence-corrected chi connectivity index (χ3v) is 4.39. The van der Waals surface area contributed by atoms with E-state index in [1.807, 2.05) is 7.11 Å². The number of hydrogen-bond acceptors (Lipinski definition) is 2. The van der Waals surface area contributed by atoms with Gasteiger partial charge in [0.15, 0.2) is 0 Å². The summed E-state index contributed by atoms with van der Waals surface area (Å²) in [5, 5.41) is 3.53. The Morgan fingerprint density at radius 1 is 1.18 bits per heavy atom. The average molecular weight is 241 g/mol. The molecule has 0 aromatic heterocycles. The molecule has 2 nitrogen and oxygen atoms in total. The molecule has 1 N–H and O–H groups in total. The molecule has 102 valence electrons. The van der Waals surface area contributed by atoms with Crippen LogP contribution >= 0.6 is 0 Å². The van der Waals surface area contributed by atoms with Crippen molar-refractivity contribution in [2.24, 2.45) is 11.8 Å². The number of ether oxygens (including phenoxy) is 1. The summed E-state index contributed by atoms with van der Waals surface area (Å²) >= 11 is 0. The Bertz CT molecular complexity index is 203. The van der Waals surface area contributed by atoms with Gasteiger partial charge in [-0.3, -0.25) is 0 Å². The Morgan fingerprint density at radius 3 is 2.41 bits per heavy atom. The van der Waals surface area contributed by atoms with Gasteiger partial charge in [0.25, 0.3) is 0 Å². The lowest BCUT2D eigenvalue weighted by Crippen LogP contribution is -2.32. The molecule has 2 atom stereocenters. The number of nitrogens with one attached hydrogen (secondary N) is 1. The molecule has 0 aromatic rings. The summed E-state index contributed by atoms with van der Waals surface area (Å²) in [5.74, 6) is 1.81. The van der Waals surface area contributed by atoms with E-state index in [0.717, 1.165) is 18.4 Å². The molecule has 17 heavy (non-hydrogen) atoms. The van der Waals surface area contributed by atoms with Gasteiger partial charge in [-0.15, -0.1) is 0 Å². The lowest BCUT2D eigenvalue weighted by atomic mass is 9.75. The summed E-state index contributed by atoms with van der Waals surface area (Å²) in [4.78, 5) is 0. The van der Waals surface area contributed by atoms with E-state index in [2.05, 4.69) is 26.1 Å². The van der Waals surface area contributed by atoms with E-state index in [0.29, 0.717) is 0 Å². The van der Waals surface area contributed by atoms with E-state index in [4.69, 9.17) is 4.74 Å². The fraction of sp³-hybridized carbons (Fsp3) is 1.00. The van der Waals surface area contributed by atoms with Crippen LogP contribution in [0.25, 0.3) is 0 Å². The zero-order chi connectivity index (χ0) is 12.7. The van der Waals surface area contributed by atoms with Crippen molar-refractivity contribution in [3.63, 3.8) is 0 Å². The minimum atomic E-state index is 0.0557. The van der Waals surface area contributed by atoms with Gasteiger partial charge in [0.2, 0.25) is 0 Å². The minimum absolute atomic E-state index is 0.0557. The Kier molecular flexibility index (Phi) is 6.50. The summed E-state index contributed by atoms with van der Waals surface area (Å²) < 4.78 is 5.53. The van der Waals surface area contributed by atoms with Gasteiger partial charge in [-0.2, -0.15) is 0 Å². The van der Waals surface area contributed by atoms with Crippen molar-refractivity contribution in [2.75, 3.05) is 20.2 Å². The summed E-state index contributed by atoms with van der Waals surface area (Å²) in [5.41, 5.74) is 0.0557. The highest BCUT2D eigenvalue weighted by atomic mass is 16.5. The molecule has 0 saturated heterocycles. The first-order valence-electron chi connectivity index (χ1n) is 7.35. The maximum absolute atomic E-state index is 5.53. The van der Waals surface area contributed by atoms with E-state index >= 15 is 0 Å². The van der Waals surface area contributed by atoms with Crippen LogP contribution in [0.1, 0.15) is 59.3 Å². The SMILES string of the molecule is CCNCC1CCCCC1CCC(C)(C)OC. The topological polar surface area (TPSA) is 21.3 Å². The molecule has 1 saturated carbocycles. The van der Waals surface area contributed by atoms with Crippen LogP contribution in [0.4, 0.5) is 0 Å². The monoisotopic (exact) mass is 241 g/mol. The lowest BCUT2D eigenvalue weighted by molar-refractivity contribution is 0.00627. The molecule has 1 fully saturated rings. The van der Waals surface area contributed by atoms with E-state index in [1.54, 1.807) is 0 Å². The molecule has 2 unspecified atom stereocenters. The normalized spacial score (nSPS) is 26.1. The largest absolute Gasteiger partial charge is 0.379 e. The smallest absolute Gasteiger partial charge is 0.0622 e. The van der Waals surface area contributed by atoms with E-state index in [-0.39, 0.29) is 5.60 Å². The van der Waals surface area contributed by atoms with Crippen LogP contribution in [0, 0.1) is 11.8 Å². The fourth-order valence-electron chi connectivity index (χ4n) is 2.90. The van der Waals surface area contributed by atoms with Gasteiger partial charge in [0.1, 0.15) is 0 Å². The van der Waals surface area contributed by atoms with Gasteiger partial charge in [0, 0.05) is 7.11 Å². The third kappa shape index (κ3) is 5.39. The highest BCUT2D eigenvalue weighted by Gasteiger charge is 2.27. The molecule has 1 aliphatic rings. The van der Waals surface area contributed by atoms with Crippen molar-refractivity contribution in [3.8, 4) is 0 Å². The Balaban J connectivity index is 2.37. The summed E-state index contributed by atoms with van der Waals surface area (Å²) in [6, 6.07) is 0. The highest BCUT2D eigenvalue weighted by Crippen LogP contribution is 2.34. The van der Waals surface area contributed by atoms with Gasteiger partial charge in [0.05, 0.1) is 5.60 Å². The Labute approximate surface area is 108 Å². The highest BCUT2D eigenvalue weighted by molar-refractivity contribution is 4.80. The zero-order valence-electron chi connectivity index (χ0n) is 12.2. The van der Waals surface area contributed by atoms with Crippen molar-refractivity contribution >= 4 is 0 Å². The number of hydrogen-bond donors (Lipinski definition) is 1. The number of methoxy groups -OCH3 is 1. The molecule has 0 aliphatic heterocycles. The maximum Gasteiger partial charge on any atom is 0.0622 e. The molecule has 0 aromatic carbocycles. The number of rotatable bonds is 7. The Morgan fingerprint density at radius 2 is 1.82 bits per heavy atom. The molecular weight excluding hydrogens is 210 g/mol. The molecule has 1 rings (SSSR count). The summed E-state index contributed by atoms with van der Waals surface area (Å²) in [7, 11) is 1.83. The average Bonchev–Trinajstić information content (AvgIpc) is 2.35. The Hall–Kier alpha value is -0.0800. The van der Waals surface area contributed by atoms with E-state index < -0.39 is 0 Å². The molecule has 0 amide bonds. The first-order chi connectivity index (χ1) is 8.09. The minimum Gasteiger partial charge on any atom is -0.379 e. The van der Waals surface area contributed by atoms with Crippen LogP contribution in [0.5, 0.6) is 0 Å². The quantitative estimate of drug-likeness (QED) is 0.735. The van der Waals surface area contributed by atoms with Crippen molar-refractivity contribution in [1.82, 2.24) is 5.32 Å². The molecule has 0 bridgehead atoms. The molecular formula is C15H31NO. The third-order valence-electron chi connectivity index (χ3n) is 4.39. The fourth-order valence-corrected chi connectivity index (χ4v) is 2.90. The van der Waals surface area contributed by atoms with Gasteiger partial charge >= 0.3 is 0 Å². The van der Waals surface area contributed by atoms with Gasteiger partial charge in [-0.1, -0.05) is 26.2 Å². The van der Waals surface area contributed by atoms with E-state index in [9.17, 15) is 0 Å². The van der Waals surface area contributed by atoms with Gasteiger partial charge in [-0.25, -0.2) is 0 Å². The second-order valence-corrected chi connectivity index (χ2v) is 6.11. The molecule has 2 heteroatoms. The molecule has 1 aliphatic carbocycles. The first-order valence-corrected chi connectivity index (χ1v) is 7.35. The molecule has 0 radical (unpaired) electrons. The van der Waals surface area contributed by atoms with Crippen LogP contribution < -0.4 is 5.32 Å². The van der Waals surface area contributed by atoms with Crippen LogP contribution in [0.3, 0.4) is 0 Å². The van der Waals surface area contributed by atoms with Crippen LogP contribution in [0.15, 0.2) is 0 Å². The van der Waals surface area contributed by atoms with Crippen molar-refractivity contribution in [3.05, 3.63) is 0 Å². The van der Waals surface area contributed by atoms with Crippen LogP contribution in [0.2, 0.25) is 0 Å². The predicted octanol–water partition coefficient (Wildman–Crippen LogP) is 3.61. The maximum atomic E-state index is 5.53. The van der Waals surface area contributed by atoms with Crippen molar-refractivity contribution in [1.29, 1.82) is 0 Å². The van der Waals surface area contributed by atoms with Crippen LogP contribution in [-0.2, 0) is 4.74 Å². The summed E-state index contributed by atoms with van der Waals surface area (Å²) in [6.07, 6.45) is 8.23. The van der Waals surface area contributed by atoms with Crippen molar-refractivity contribution in [2.45, 2.75) is 64.9 Å². The molecule has 0 heterocycles.